The Morgan fingerprint density at radius 3 is 2.71 bits per heavy atom. The second-order valence-corrected chi connectivity index (χ2v) is 7.94. The van der Waals surface area contributed by atoms with Crippen molar-refractivity contribution >= 4 is 40.6 Å². The number of anilines is 1. The number of aromatic nitrogens is 1. The van der Waals surface area contributed by atoms with Crippen LogP contribution < -0.4 is 19.7 Å². The van der Waals surface area contributed by atoms with E-state index in [-0.39, 0.29) is 31.3 Å². The third kappa shape index (κ3) is 5.02. The lowest BCUT2D eigenvalue weighted by molar-refractivity contribution is -0.123. The number of rotatable bonds is 7. The molecule has 3 aromatic rings. The number of carbonyl (C=O) groups is 2. The van der Waals surface area contributed by atoms with E-state index in [1.54, 1.807) is 56.8 Å². The Labute approximate surface area is 202 Å². The number of para-hydroxylation sites is 1. The Morgan fingerprint density at radius 2 is 1.94 bits per heavy atom. The van der Waals surface area contributed by atoms with Gasteiger partial charge in [-0.1, -0.05) is 35.9 Å². The van der Waals surface area contributed by atoms with Gasteiger partial charge >= 0.3 is 0 Å². The van der Waals surface area contributed by atoms with E-state index in [4.69, 9.17) is 21.1 Å². The predicted molar refractivity (Wildman–Crippen MR) is 130 cm³/mol. The molecule has 1 N–H and O–H groups in total. The van der Waals surface area contributed by atoms with E-state index >= 15 is 0 Å². The molecule has 0 saturated heterocycles. The van der Waals surface area contributed by atoms with Crippen molar-refractivity contribution in [2.75, 3.05) is 25.7 Å². The number of carbonyl (C=O) groups excluding carboxylic acids is 2. The highest BCUT2D eigenvalue weighted by Crippen LogP contribution is 2.32. The first kappa shape index (κ1) is 23.3. The molecular weight excluding hydrogens is 456 g/mol. The van der Waals surface area contributed by atoms with Gasteiger partial charge in [-0.05, 0) is 35.9 Å². The SMILES string of the molecule is COc1cccc(CNC(=O)CN2C(=O)CC(c3cccc(Cl)c3)=Nc3cccnc32)c1OC. The molecule has 0 atom stereocenters. The highest BCUT2D eigenvalue weighted by molar-refractivity contribution is 6.31. The van der Waals surface area contributed by atoms with Gasteiger partial charge in [0.1, 0.15) is 12.2 Å². The highest BCUT2D eigenvalue weighted by atomic mass is 35.5. The van der Waals surface area contributed by atoms with E-state index in [1.807, 2.05) is 18.2 Å². The molecule has 2 amide bonds. The zero-order valence-corrected chi connectivity index (χ0v) is 19.5. The highest BCUT2D eigenvalue weighted by Gasteiger charge is 2.28. The fourth-order valence-electron chi connectivity index (χ4n) is 3.71. The number of aliphatic imine (C=N–C) groups is 1. The maximum absolute atomic E-state index is 13.2. The molecule has 174 valence electrons. The maximum atomic E-state index is 13.2. The molecule has 1 aliphatic rings. The Bertz CT molecular complexity index is 1260. The van der Waals surface area contributed by atoms with Crippen LogP contribution in [-0.2, 0) is 16.1 Å². The van der Waals surface area contributed by atoms with Crippen molar-refractivity contribution in [1.29, 1.82) is 0 Å². The number of hydrogen-bond acceptors (Lipinski definition) is 6. The second kappa shape index (κ2) is 10.4. The standard InChI is InChI=1S/C25H23ClN4O4/c1-33-21-10-4-7-17(24(21)34-2)14-28-22(31)15-30-23(32)13-20(16-6-3-8-18(26)12-16)29-19-9-5-11-27-25(19)30/h3-12H,13-15H2,1-2H3,(H,28,31). The largest absolute Gasteiger partial charge is 0.493 e. The van der Waals surface area contributed by atoms with Gasteiger partial charge in [0.2, 0.25) is 11.8 Å². The molecule has 2 aromatic carbocycles. The minimum Gasteiger partial charge on any atom is -0.493 e. The van der Waals surface area contributed by atoms with Crippen LogP contribution in [0.15, 0.2) is 65.8 Å². The van der Waals surface area contributed by atoms with Gasteiger partial charge in [0.15, 0.2) is 17.3 Å². The quantitative estimate of drug-likeness (QED) is 0.555. The van der Waals surface area contributed by atoms with Crippen LogP contribution in [0.1, 0.15) is 17.5 Å². The first-order chi connectivity index (χ1) is 16.5. The molecule has 0 radical (unpaired) electrons. The van der Waals surface area contributed by atoms with Gasteiger partial charge in [-0.25, -0.2) is 9.98 Å². The molecule has 0 spiro atoms. The minimum absolute atomic E-state index is 0.00763. The third-order valence-electron chi connectivity index (χ3n) is 5.32. The van der Waals surface area contributed by atoms with Crippen LogP contribution in [0.5, 0.6) is 11.5 Å². The molecule has 4 rings (SSSR count). The number of nitrogens with one attached hydrogen (secondary N) is 1. The van der Waals surface area contributed by atoms with Crippen molar-refractivity contribution in [2.45, 2.75) is 13.0 Å². The number of nitrogens with zero attached hydrogens (tertiary/aromatic N) is 3. The summed E-state index contributed by atoms with van der Waals surface area (Å²) in [4.78, 5) is 36.4. The van der Waals surface area contributed by atoms with Crippen LogP contribution >= 0.6 is 11.6 Å². The number of benzene rings is 2. The summed E-state index contributed by atoms with van der Waals surface area (Å²) in [7, 11) is 3.09. The molecule has 2 heterocycles. The van der Waals surface area contributed by atoms with Crippen molar-refractivity contribution in [3.8, 4) is 11.5 Å². The Hall–Kier alpha value is -3.91. The fourth-order valence-corrected chi connectivity index (χ4v) is 3.90. The molecule has 0 saturated carbocycles. The van der Waals surface area contributed by atoms with E-state index in [0.29, 0.717) is 33.7 Å². The lowest BCUT2D eigenvalue weighted by Gasteiger charge is -2.21. The summed E-state index contributed by atoms with van der Waals surface area (Å²) in [5.41, 5.74) is 2.56. The van der Waals surface area contributed by atoms with Crippen LogP contribution in [0.25, 0.3) is 0 Å². The molecule has 1 aliphatic heterocycles. The average Bonchev–Trinajstić information content (AvgIpc) is 2.98. The molecule has 34 heavy (non-hydrogen) atoms. The van der Waals surface area contributed by atoms with Crippen LogP contribution in [-0.4, -0.2) is 43.3 Å². The van der Waals surface area contributed by atoms with Gasteiger partial charge in [0.05, 0.1) is 26.4 Å². The van der Waals surface area contributed by atoms with Crippen LogP contribution in [0.2, 0.25) is 5.02 Å². The van der Waals surface area contributed by atoms with Gasteiger partial charge in [0, 0.05) is 23.3 Å². The van der Waals surface area contributed by atoms with Crippen molar-refractivity contribution in [3.63, 3.8) is 0 Å². The number of ether oxygens (including phenoxy) is 2. The normalized spacial score (nSPS) is 13.0. The van der Waals surface area contributed by atoms with Gasteiger partial charge in [-0.2, -0.15) is 0 Å². The predicted octanol–water partition coefficient (Wildman–Crippen LogP) is 3.93. The molecule has 1 aromatic heterocycles. The number of fused-ring (bicyclic) bond motifs is 1. The molecule has 0 aliphatic carbocycles. The van der Waals surface area contributed by atoms with Crippen molar-refractivity contribution in [2.24, 2.45) is 4.99 Å². The molecule has 0 fully saturated rings. The summed E-state index contributed by atoms with van der Waals surface area (Å²) in [6, 6.07) is 16.1. The lowest BCUT2D eigenvalue weighted by Crippen LogP contribution is -2.41. The minimum atomic E-state index is -0.346. The Balaban J connectivity index is 1.53. The topological polar surface area (TPSA) is 93.1 Å². The molecule has 0 unspecified atom stereocenters. The average molecular weight is 479 g/mol. The van der Waals surface area contributed by atoms with Gasteiger partial charge in [0.25, 0.3) is 0 Å². The maximum Gasteiger partial charge on any atom is 0.240 e. The van der Waals surface area contributed by atoms with Crippen LogP contribution in [0, 0.1) is 0 Å². The third-order valence-corrected chi connectivity index (χ3v) is 5.55. The first-order valence-electron chi connectivity index (χ1n) is 10.6. The lowest BCUT2D eigenvalue weighted by atomic mass is 10.1. The summed E-state index contributed by atoms with van der Waals surface area (Å²) in [5, 5.41) is 3.39. The van der Waals surface area contributed by atoms with E-state index < -0.39 is 0 Å². The van der Waals surface area contributed by atoms with E-state index in [1.165, 1.54) is 4.90 Å². The summed E-state index contributed by atoms with van der Waals surface area (Å²) < 4.78 is 10.7. The Kier molecular flexibility index (Phi) is 7.08. The number of halogens is 1. The summed E-state index contributed by atoms with van der Waals surface area (Å²) in [6.07, 6.45) is 1.58. The number of hydrogen-bond donors (Lipinski definition) is 1. The zero-order chi connectivity index (χ0) is 24.1. The Morgan fingerprint density at radius 1 is 1.12 bits per heavy atom. The second-order valence-electron chi connectivity index (χ2n) is 7.50. The zero-order valence-electron chi connectivity index (χ0n) is 18.7. The monoisotopic (exact) mass is 478 g/mol. The molecule has 0 bridgehead atoms. The van der Waals surface area contributed by atoms with Crippen LogP contribution in [0.3, 0.4) is 0 Å². The number of amides is 2. The summed E-state index contributed by atoms with van der Waals surface area (Å²) >= 11 is 6.13. The molecule has 8 nitrogen and oxygen atoms in total. The molecular formula is C25H23ClN4O4. The van der Waals surface area contributed by atoms with Gasteiger partial charge < -0.3 is 14.8 Å². The van der Waals surface area contributed by atoms with E-state index in [2.05, 4.69) is 15.3 Å². The smallest absolute Gasteiger partial charge is 0.240 e. The van der Waals surface area contributed by atoms with Crippen molar-refractivity contribution in [1.82, 2.24) is 10.3 Å². The first-order valence-corrected chi connectivity index (χ1v) is 10.9. The van der Waals surface area contributed by atoms with Gasteiger partial charge in [-0.15, -0.1) is 0 Å². The van der Waals surface area contributed by atoms with E-state index in [9.17, 15) is 9.59 Å². The van der Waals surface area contributed by atoms with Crippen molar-refractivity contribution < 1.29 is 19.1 Å². The van der Waals surface area contributed by atoms with Crippen LogP contribution in [0.4, 0.5) is 11.5 Å². The molecule has 9 heteroatoms. The number of methoxy groups -OCH3 is 2. The summed E-state index contributed by atoms with van der Waals surface area (Å²) in [6.45, 7) is 0.00799. The number of pyridine rings is 1. The van der Waals surface area contributed by atoms with Gasteiger partial charge in [-0.3, -0.25) is 14.5 Å². The van der Waals surface area contributed by atoms with E-state index in [0.717, 1.165) is 11.1 Å². The van der Waals surface area contributed by atoms with Crippen molar-refractivity contribution in [3.05, 3.63) is 76.9 Å². The fraction of sp³-hybridized carbons (Fsp3) is 0.200. The summed E-state index contributed by atoms with van der Waals surface area (Å²) in [5.74, 6) is 0.813.